The first kappa shape index (κ1) is 15.4. The van der Waals surface area contributed by atoms with E-state index < -0.39 is 10.0 Å². The molecule has 1 rings (SSSR count). The summed E-state index contributed by atoms with van der Waals surface area (Å²) in [5, 5.41) is 0. The number of hydrogen-bond donors (Lipinski definition) is 2. The summed E-state index contributed by atoms with van der Waals surface area (Å²) in [5.74, 6) is 0.739. The normalized spacial score (nSPS) is 11.4. The van der Waals surface area contributed by atoms with Crippen LogP contribution in [0.15, 0.2) is 23.1 Å². The highest BCUT2D eigenvalue weighted by molar-refractivity contribution is 7.98. The van der Waals surface area contributed by atoms with Crippen molar-refractivity contribution < 1.29 is 8.42 Å². The minimum absolute atomic E-state index is 0.261. The summed E-state index contributed by atoms with van der Waals surface area (Å²) < 4.78 is 26.6. The molecule has 3 N–H and O–H groups in total. The van der Waals surface area contributed by atoms with Crippen molar-refractivity contribution in [2.45, 2.75) is 11.8 Å². The molecule has 0 aliphatic heterocycles. The second kappa shape index (κ2) is 6.51. The quantitative estimate of drug-likeness (QED) is 0.612. The Morgan fingerprint density at radius 3 is 2.67 bits per heavy atom. The molecule has 0 aliphatic rings. The van der Waals surface area contributed by atoms with Crippen LogP contribution in [-0.2, 0) is 10.0 Å². The maximum absolute atomic E-state index is 12.0. The van der Waals surface area contributed by atoms with Crippen LogP contribution in [-0.4, -0.2) is 32.0 Å². The van der Waals surface area contributed by atoms with Gasteiger partial charge in [-0.15, -0.1) is 0 Å². The van der Waals surface area contributed by atoms with Crippen LogP contribution in [0.3, 0.4) is 0 Å². The van der Waals surface area contributed by atoms with E-state index in [2.05, 4.69) is 4.72 Å². The van der Waals surface area contributed by atoms with Gasteiger partial charge in [-0.1, -0.05) is 18.3 Å². The topological polar surface area (TPSA) is 72.2 Å². The van der Waals surface area contributed by atoms with Gasteiger partial charge >= 0.3 is 0 Å². The number of thiocarbonyl (C=S) groups is 1. The molecule has 0 saturated heterocycles. The fourth-order valence-corrected chi connectivity index (χ4v) is 3.28. The molecule has 0 bridgehead atoms. The fraction of sp³-hybridized carbons (Fsp3) is 0.364. The molecular formula is C11H16N2O2S3. The van der Waals surface area contributed by atoms with Gasteiger partial charge in [0, 0.05) is 17.9 Å². The van der Waals surface area contributed by atoms with E-state index >= 15 is 0 Å². The third-order valence-electron chi connectivity index (χ3n) is 2.35. The Hall–Kier alpha value is -0.630. The van der Waals surface area contributed by atoms with Crippen molar-refractivity contribution in [2.24, 2.45) is 5.73 Å². The monoisotopic (exact) mass is 304 g/mol. The number of sulfonamides is 1. The van der Waals surface area contributed by atoms with Gasteiger partial charge < -0.3 is 5.73 Å². The molecule has 18 heavy (non-hydrogen) atoms. The highest BCUT2D eigenvalue weighted by atomic mass is 32.2. The largest absolute Gasteiger partial charge is 0.389 e. The van der Waals surface area contributed by atoms with Crippen molar-refractivity contribution in [3.05, 3.63) is 29.3 Å². The van der Waals surface area contributed by atoms with E-state index in [4.69, 9.17) is 18.0 Å². The maximum atomic E-state index is 12.0. The van der Waals surface area contributed by atoms with E-state index in [1.54, 1.807) is 30.8 Å². The van der Waals surface area contributed by atoms with Crippen LogP contribution in [0, 0.1) is 6.92 Å². The molecule has 1 aromatic carbocycles. The third-order valence-corrected chi connectivity index (χ3v) is 4.82. The van der Waals surface area contributed by atoms with Gasteiger partial charge in [-0.05, 0) is 30.9 Å². The molecule has 0 amide bonds. The molecular weight excluding hydrogens is 288 g/mol. The van der Waals surface area contributed by atoms with Crippen LogP contribution in [0.25, 0.3) is 0 Å². The summed E-state index contributed by atoms with van der Waals surface area (Å²) in [5.41, 5.74) is 6.81. The van der Waals surface area contributed by atoms with E-state index in [0.29, 0.717) is 17.7 Å². The molecule has 7 heteroatoms. The minimum atomic E-state index is -3.45. The Kier molecular flexibility index (Phi) is 5.58. The highest BCUT2D eigenvalue weighted by Crippen LogP contribution is 2.16. The Bertz CT molecular complexity index is 541. The summed E-state index contributed by atoms with van der Waals surface area (Å²) in [6.07, 6.45) is 1.93. The van der Waals surface area contributed by atoms with Crippen LogP contribution >= 0.6 is 24.0 Å². The number of hydrogen-bond acceptors (Lipinski definition) is 4. The predicted octanol–water partition coefficient (Wildman–Crippen LogP) is 1.27. The molecule has 1 aromatic rings. The Morgan fingerprint density at radius 1 is 1.50 bits per heavy atom. The molecule has 100 valence electrons. The van der Waals surface area contributed by atoms with Crippen molar-refractivity contribution in [3.63, 3.8) is 0 Å². The molecule has 0 atom stereocenters. The Balaban J connectivity index is 2.99. The lowest BCUT2D eigenvalue weighted by molar-refractivity contribution is 0.583. The van der Waals surface area contributed by atoms with E-state index in [0.717, 1.165) is 5.75 Å². The number of aryl methyl sites for hydroxylation is 1. The first-order valence-electron chi connectivity index (χ1n) is 5.27. The maximum Gasteiger partial charge on any atom is 0.240 e. The van der Waals surface area contributed by atoms with Crippen molar-refractivity contribution in [1.29, 1.82) is 0 Å². The Labute approximate surface area is 117 Å². The lowest BCUT2D eigenvalue weighted by atomic mass is 10.1. The fourth-order valence-electron chi connectivity index (χ4n) is 1.46. The van der Waals surface area contributed by atoms with Gasteiger partial charge in [0.05, 0.1) is 4.90 Å². The summed E-state index contributed by atoms with van der Waals surface area (Å²) in [7, 11) is -3.45. The molecule has 4 nitrogen and oxygen atoms in total. The van der Waals surface area contributed by atoms with Crippen LogP contribution in [0.5, 0.6) is 0 Å². The van der Waals surface area contributed by atoms with Gasteiger partial charge in [-0.2, -0.15) is 11.8 Å². The van der Waals surface area contributed by atoms with E-state index in [9.17, 15) is 8.42 Å². The van der Waals surface area contributed by atoms with E-state index in [1.807, 2.05) is 6.26 Å². The summed E-state index contributed by atoms with van der Waals surface area (Å²) >= 11 is 6.44. The SMILES string of the molecule is CSCCNS(=O)(=O)c1ccc(C(N)=S)cc1C. The lowest BCUT2D eigenvalue weighted by Gasteiger charge is -2.10. The predicted molar refractivity (Wildman–Crippen MR) is 80.6 cm³/mol. The molecule has 0 aromatic heterocycles. The van der Waals surface area contributed by atoms with Gasteiger partial charge in [-0.3, -0.25) is 0 Å². The zero-order valence-electron chi connectivity index (χ0n) is 10.3. The summed E-state index contributed by atoms with van der Waals surface area (Å²) in [6.45, 7) is 2.14. The number of nitrogens with two attached hydrogens (primary N) is 1. The average Bonchev–Trinajstić information content (AvgIpc) is 2.28. The number of rotatable bonds is 6. The van der Waals surface area contributed by atoms with Gasteiger partial charge in [0.15, 0.2) is 0 Å². The van der Waals surface area contributed by atoms with Crippen LogP contribution in [0.1, 0.15) is 11.1 Å². The van der Waals surface area contributed by atoms with Crippen molar-refractivity contribution >= 4 is 39.0 Å². The molecule has 0 aliphatic carbocycles. The van der Waals surface area contributed by atoms with E-state index in [-0.39, 0.29) is 9.88 Å². The molecule has 0 saturated carbocycles. The first-order chi connectivity index (χ1) is 8.38. The highest BCUT2D eigenvalue weighted by Gasteiger charge is 2.16. The van der Waals surface area contributed by atoms with Gasteiger partial charge in [0.2, 0.25) is 10.0 Å². The summed E-state index contributed by atoms with van der Waals surface area (Å²) in [4.78, 5) is 0.529. The van der Waals surface area contributed by atoms with Gasteiger partial charge in [-0.25, -0.2) is 13.1 Å². The number of thioether (sulfide) groups is 1. The third kappa shape index (κ3) is 3.94. The zero-order chi connectivity index (χ0) is 13.8. The number of benzene rings is 1. The number of nitrogens with one attached hydrogen (secondary N) is 1. The second-order valence-electron chi connectivity index (χ2n) is 3.74. The van der Waals surface area contributed by atoms with Crippen molar-refractivity contribution in [3.8, 4) is 0 Å². The standard InChI is InChI=1S/C11H16N2O2S3/c1-8-7-9(11(12)16)3-4-10(8)18(14,15)13-5-6-17-2/h3-4,7,13H,5-6H2,1-2H3,(H2,12,16). The van der Waals surface area contributed by atoms with Crippen molar-refractivity contribution in [2.75, 3.05) is 18.6 Å². The van der Waals surface area contributed by atoms with Gasteiger partial charge in [0.1, 0.15) is 4.99 Å². The molecule has 0 fully saturated rings. The minimum Gasteiger partial charge on any atom is -0.389 e. The molecule has 0 unspecified atom stereocenters. The van der Waals surface area contributed by atoms with Crippen LogP contribution in [0.2, 0.25) is 0 Å². The van der Waals surface area contributed by atoms with Crippen LogP contribution in [0.4, 0.5) is 0 Å². The molecule has 0 heterocycles. The van der Waals surface area contributed by atoms with Crippen LogP contribution < -0.4 is 10.5 Å². The summed E-state index contributed by atoms with van der Waals surface area (Å²) in [6, 6.07) is 4.84. The zero-order valence-corrected chi connectivity index (χ0v) is 12.7. The first-order valence-corrected chi connectivity index (χ1v) is 8.56. The van der Waals surface area contributed by atoms with Crippen molar-refractivity contribution in [1.82, 2.24) is 4.72 Å². The van der Waals surface area contributed by atoms with Gasteiger partial charge in [0.25, 0.3) is 0 Å². The van der Waals surface area contributed by atoms with E-state index in [1.165, 1.54) is 6.07 Å². The lowest BCUT2D eigenvalue weighted by Crippen LogP contribution is -2.26. The smallest absolute Gasteiger partial charge is 0.240 e. The molecule has 0 radical (unpaired) electrons. The Morgan fingerprint density at radius 2 is 2.17 bits per heavy atom. The molecule has 0 spiro atoms. The average molecular weight is 304 g/mol. The second-order valence-corrected chi connectivity index (χ2v) is 6.90.